The van der Waals surface area contributed by atoms with Gasteiger partial charge in [0.1, 0.15) is 4.45 Å². The third kappa shape index (κ3) is 1.66. The van der Waals surface area contributed by atoms with E-state index >= 15 is 0 Å². The highest BCUT2D eigenvalue weighted by Crippen LogP contribution is 2.23. The number of hydrogen-bond donors (Lipinski definition) is 1. The summed E-state index contributed by atoms with van der Waals surface area (Å²) in [6.07, 6.45) is 4.61. The van der Waals surface area contributed by atoms with Crippen LogP contribution in [-0.2, 0) is 13.0 Å². The van der Waals surface area contributed by atoms with E-state index in [2.05, 4.69) is 32.8 Å². The summed E-state index contributed by atoms with van der Waals surface area (Å²) < 4.78 is 1.44. The van der Waals surface area contributed by atoms with Gasteiger partial charge in [-0.1, -0.05) is 22.9 Å². The van der Waals surface area contributed by atoms with Crippen molar-refractivity contribution in [1.82, 2.24) is 9.55 Å². The van der Waals surface area contributed by atoms with Crippen LogP contribution >= 0.6 is 15.9 Å². The summed E-state index contributed by atoms with van der Waals surface area (Å²) in [6, 6.07) is 0. The molecule has 1 aliphatic rings. The fourth-order valence-electron chi connectivity index (χ4n) is 1.32. The highest BCUT2D eigenvalue weighted by Gasteiger charge is 2.24. The Kier molecular flexibility index (Phi) is 2.00. The van der Waals surface area contributed by atoms with E-state index < -0.39 is 4.45 Å². The molecule has 1 aromatic heterocycles. The summed E-state index contributed by atoms with van der Waals surface area (Å²) in [7, 11) is 0. The number of aliphatic imine (C=N–C) groups is 1. The molecule has 0 fully saturated rings. The van der Waals surface area contributed by atoms with Gasteiger partial charge >= 0.3 is 0 Å². The van der Waals surface area contributed by atoms with Gasteiger partial charge in [-0.2, -0.15) is 0 Å². The number of hydrogen-bond acceptors (Lipinski definition) is 3. The minimum Gasteiger partial charge on any atom is -0.312 e. The van der Waals surface area contributed by atoms with Crippen molar-refractivity contribution in [1.29, 1.82) is 0 Å². The van der Waals surface area contributed by atoms with Crippen molar-refractivity contribution in [3.8, 4) is 0 Å². The molecule has 2 N–H and O–H groups in total. The van der Waals surface area contributed by atoms with Gasteiger partial charge in [0.25, 0.3) is 0 Å². The van der Waals surface area contributed by atoms with E-state index in [-0.39, 0.29) is 0 Å². The molecule has 1 atom stereocenters. The monoisotopic (exact) mass is 242 g/mol. The van der Waals surface area contributed by atoms with Crippen molar-refractivity contribution in [2.24, 2.45) is 10.7 Å². The lowest BCUT2D eigenvalue weighted by Crippen LogP contribution is -2.40. The molecule has 70 valence electrons. The van der Waals surface area contributed by atoms with Crippen LogP contribution in [0.3, 0.4) is 0 Å². The zero-order chi connectivity index (χ0) is 9.47. The third-order valence-corrected chi connectivity index (χ3v) is 2.43. The molecule has 13 heavy (non-hydrogen) atoms. The van der Waals surface area contributed by atoms with Gasteiger partial charge in [0.05, 0.1) is 12.2 Å². The molecule has 1 aliphatic heterocycles. The number of fused-ring (bicyclic) bond motifs is 1. The second-order valence-electron chi connectivity index (χ2n) is 3.20. The van der Waals surface area contributed by atoms with Gasteiger partial charge in [0.2, 0.25) is 5.95 Å². The Bertz CT molecular complexity index is 353. The Morgan fingerprint density at radius 1 is 1.77 bits per heavy atom. The van der Waals surface area contributed by atoms with Gasteiger partial charge in [-0.3, -0.25) is 0 Å². The van der Waals surface area contributed by atoms with Gasteiger partial charge < -0.3 is 10.3 Å². The second kappa shape index (κ2) is 2.92. The number of halogens is 1. The maximum Gasteiger partial charge on any atom is 0.229 e. The van der Waals surface area contributed by atoms with Gasteiger partial charge in [-0.15, -0.1) is 0 Å². The quantitative estimate of drug-likeness (QED) is 0.595. The highest BCUT2D eigenvalue weighted by atomic mass is 79.9. The fraction of sp³-hybridized carbons (Fsp3) is 0.500. The summed E-state index contributed by atoms with van der Waals surface area (Å²) in [4.78, 5) is 8.49. The second-order valence-corrected chi connectivity index (χ2v) is 4.68. The first-order valence-electron chi connectivity index (χ1n) is 4.20. The number of nitrogens with two attached hydrogens (primary N) is 1. The number of alkyl halides is 1. The van der Waals surface area contributed by atoms with Crippen LogP contribution in [0.1, 0.15) is 12.6 Å². The lowest BCUT2D eigenvalue weighted by Gasteiger charge is -2.21. The van der Waals surface area contributed by atoms with Crippen molar-refractivity contribution in [2.75, 3.05) is 0 Å². The predicted molar refractivity (Wildman–Crippen MR) is 55.6 cm³/mol. The van der Waals surface area contributed by atoms with Crippen LogP contribution in [0.5, 0.6) is 0 Å². The van der Waals surface area contributed by atoms with Crippen LogP contribution in [0.25, 0.3) is 0 Å². The minimum absolute atomic E-state index is 0.522. The van der Waals surface area contributed by atoms with Crippen molar-refractivity contribution >= 4 is 28.1 Å². The molecule has 1 aromatic rings. The average Bonchev–Trinajstić information content (AvgIpc) is 2.44. The molecular weight excluding hydrogens is 232 g/mol. The van der Waals surface area contributed by atoms with Crippen LogP contribution in [0.2, 0.25) is 0 Å². The summed E-state index contributed by atoms with van der Waals surface area (Å²) in [5.74, 6) is 0.748. The van der Waals surface area contributed by atoms with Crippen LogP contribution in [-0.4, -0.2) is 20.2 Å². The van der Waals surface area contributed by atoms with E-state index in [1.807, 2.05) is 10.8 Å². The van der Waals surface area contributed by atoms with E-state index in [0.29, 0.717) is 6.54 Å². The first kappa shape index (κ1) is 8.90. The molecule has 0 saturated heterocycles. The van der Waals surface area contributed by atoms with Gasteiger partial charge in [-0.05, 0) is 6.42 Å². The molecular formula is C8H11BrN4. The van der Waals surface area contributed by atoms with E-state index in [4.69, 9.17) is 5.73 Å². The molecule has 0 aromatic carbocycles. The van der Waals surface area contributed by atoms with Crippen LogP contribution in [0.15, 0.2) is 11.2 Å². The van der Waals surface area contributed by atoms with Gasteiger partial charge in [-0.25, -0.2) is 9.98 Å². The van der Waals surface area contributed by atoms with Crippen LogP contribution in [0.4, 0.5) is 5.95 Å². The Labute approximate surface area is 85.0 Å². The number of imidazole rings is 1. The first-order valence-corrected chi connectivity index (χ1v) is 4.99. The predicted octanol–water partition coefficient (Wildman–Crippen LogP) is 1.21. The molecule has 4 nitrogen and oxygen atoms in total. The molecule has 5 heteroatoms. The van der Waals surface area contributed by atoms with Crippen molar-refractivity contribution in [3.05, 3.63) is 11.9 Å². The maximum absolute atomic E-state index is 5.86. The SMILES string of the molecule is CCc1cn2c(n1)N=CC(N)(Br)C2. The van der Waals surface area contributed by atoms with Crippen molar-refractivity contribution < 1.29 is 0 Å². The summed E-state index contributed by atoms with van der Waals surface area (Å²) in [5, 5.41) is 0. The number of nitrogens with zero attached hydrogens (tertiary/aromatic N) is 3. The van der Waals surface area contributed by atoms with Crippen LogP contribution in [0, 0.1) is 0 Å². The Morgan fingerprint density at radius 2 is 2.54 bits per heavy atom. The Morgan fingerprint density at radius 3 is 3.23 bits per heavy atom. The van der Waals surface area contributed by atoms with Crippen molar-refractivity contribution in [2.45, 2.75) is 24.3 Å². The molecule has 1 unspecified atom stereocenters. The molecule has 2 heterocycles. The lowest BCUT2D eigenvalue weighted by molar-refractivity contribution is 0.617. The molecule has 0 radical (unpaired) electrons. The Balaban J connectivity index is 2.38. The number of rotatable bonds is 1. The standard InChI is InChI=1S/C8H11BrN4/c1-2-6-3-13-5-8(9,10)4-11-7(13)12-6/h3-4H,2,5,10H2,1H3. The molecule has 0 bridgehead atoms. The molecule has 0 spiro atoms. The fourth-order valence-corrected chi connectivity index (χ4v) is 1.69. The summed E-state index contributed by atoms with van der Waals surface area (Å²) in [6.45, 7) is 2.75. The molecule has 0 amide bonds. The van der Waals surface area contributed by atoms with E-state index in [9.17, 15) is 0 Å². The smallest absolute Gasteiger partial charge is 0.229 e. The molecule has 0 aliphatic carbocycles. The van der Waals surface area contributed by atoms with Crippen molar-refractivity contribution in [3.63, 3.8) is 0 Å². The zero-order valence-electron chi connectivity index (χ0n) is 7.37. The van der Waals surface area contributed by atoms with E-state index in [0.717, 1.165) is 18.1 Å². The first-order chi connectivity index (χ1) is 6.11. The minimum atomic E-state index is -0.522. The largest absolute Gasteiger partial charge is 0.312 e. The molecule has 2 rings (SSSR count). The Hall–Kier alpha value is -0.680. The third-order valence-electron chi connectivity index (χ3n) is 1.97. The highest BCUT2D eigenvalue weighted by molar-refractivity contribution is 9.10. The summed E-state index contributed by atoms with van der Waals surface area (Å²) in [5.41, 5.74) is 6.92. The van der Waals surface area contributed by atoms with E-state index in [1.165, 1.54) is 0 Å². The van der Waals surface area contributed by atoms with Crippen LogP contribution < -0.4 is 5.73 Å². The zero-order valence-corrected chi connectivity index (χ0v) is 8.95. The lowest BCUT2D eigenvalue weighted by atomic mass is 10.3. The maximum atomic E-state index is 5.86. The van der Waals surface area contributed by atoms with Gasteiger partial charge in [0, 0.05) is 12.4 Å². The number of aromatic nitrogens is 2. The normalized spacial score (nSPS) is 26.1. The average molecular weight is 243 g/mol. The topological polar surface area (TPSA) is 56.2 Å². The number of aryl methyl sites for hydroxylation is 1. The summed E-state index contributed by atoms with van der Waals surface area (Å²) >= 11 is 3.37. The van der Waals surface area contributed by atoms with E-state index in [1.54, 1.807) is 6.21 Å². The molecule has 0 saturated carbocycles. The van der Waals surface area contributed by atoms with Gasteiger partial charge in [0.15, 0.2) is 0 Å².